The summed E-state index contributed by atoms with van der Waals surface area (Å²) in [6.07, 6.45) is 1.99. The highest BCUT2D eigenvalue weighted by Gasteiger charge is 2.13. The van der Waals surface area contributed by atoms with Gasteiger partial charge in [-0.1, -0.05) is 6.07 Å². The van der Waals surface area contributed by atoms with Gasteiger partial charge in [-0.15, -0.1) is 0 Å². The number of nitrogens with zero attached hydrogens (tertiary/aromatic N) is 1. The van der Waals surface area contributed by atoms with Crippen LogP contribution >= 0.6 is 0 Å². The van der Waals surface area contributed by atoms with Crippen molar-refractivity contribution in [2.45, 2.75) is 0 Å². The molecule has 4 heteroatoms. The van der Waals surface area contributed by atoms with E-state index in [1.165, 1.54) is 24.4 Å². The van der Waals surface area contributed by atoms with Crippen LogP contribution in [-0.4, -0.2) is 11.3 Å². The Balaban J connectivity index is 2.67. The largest absolute Gasteiger partial charge is 0.298 e. The minimum atomic E-state index is -0.996. The Bertz CT molecular complexity index is 540. The summed E-state index contributed by atoms with van der Waals surface area (Å²) < 4.78 is 26.5. The van der Waals surface area contributed by atoms with Gasteiger partial charge in [-0.25, -0.2) is 8.78 Å². The maximum Gasteiger partial charge on any atom is 0.168 e. The smallest absolute Gasteiger partial charge is 0.168 e. The first-order valence-corrected chi connectivity index (χ1v) is 4.58. The fourth-order valence-electron chi connectivity index (χ4n) is 1.42. The van der Waals surface area contributed by atoms with E-state index in [4.69, 9.17) is 0 Å². The summed E-state index contributed by atoms with van der Waals surface area (Å²) in [4.78, 5) is 14.6. The van der Waals surface area contributed by atoms with E-state index in [1.54, 1.807) is 6.07 Å². The quantitative estimate of drug-likeness (QED) is 0.727. The van der Waals surface area contributed by atoms with Crippen molar-refractivity contribution in [1.82, 2.24) is 4.98 Å². The van der Waals surface area contributed by atoms with Crippen LogP contribution in [-0.2, 0) is 0 Å². The number of carbonyl (C=O) groups excluding carboxylic acids is 1. The molecule has 16 heavy (non-hydrogen) atoms. The molecule has 0 spiro atoms. The van der Waals surface area contributed by atoms with Crippen molar-refractivity contribution >= 4 is 6.29 Å². The first-order chi connectivity index (χ1) is 7.74. The Morgan fingerprint density at radius 1 is 1.12 bits per heavy atom. The van der Waals surface area contributed by atoms with Gasteiger partial charge in [0.15, 0.2) is 17.9 Å². The van der Waals surface area contributed by atoms with E-state index < -0.39 is 11.6 Å². The normalized spacial score (nSPS) is 10.1. The third-order valence-electron chi connectivity index (χ3n) is 2.17. The molecule has 2 nitrogen and oxygen atoms in total. The highest BCUT2D eigenvalue weighted by atomic mass is 19.2. The first kappa shape index (κ1) is 10.4. The highest BCUT2D eigenvalue weighted by Crippen LogP contribution is 2.24. The molecule has 0 aliphatic rings. The molecule has 2 rings (SSSR count). The summed E-state index contributed by atoms with van der Waals surface area (Å²) in [5.74, 6) is -1.95. The van der Waals surface area contributed by atoms with Gasteiger partial charge in [-0.3, -0.25) is 9.78 Å². The van der Waals surface area contributed by atoms with Crippen LogP contribution in [0.2, 0.25) is 0 Å². The fraction of sp³-hybridized carbons (Fsp3) is 0. The molecule has 0 saturated heterocycles. The summed E-state index contributed by atoms with van der Waals surface area (Å²) in [5.41, 5.74) is 0.365. The van der Waals surface area contributed by atoms with Gasteiger partial charge in [-0.05, 0) is 24.3 Å². The topological polar surface area (TPSA) is 30.0 Å². The molecule has 0 fully saturated rings. The summed E-state index contributed by atoms with van der Waals surface area (Å²) in [6, 6.07) is 6.83. The van der Waals surface area contributed by atoms with Crippen LogP contribution < -0.4 is 0 Å². The molecule has 0 amide bonds. The number of benzene rings is 1. The molecule has 0 aliphatic carbocycles. The molecule has 0 radical (unpaired) electrons. The molecule has 1 aromatic heterocycles. The minimum Gasteiger partial charge on any atom is -0.298 e. The molecule has 2 aromatic rings. The standard InChI is InChI=1S/C12H7F2NO/c13-10-5-1-4-9(11(10)14)12-8(7-16)3-2-6-15-12/h1-7H. The Kier molecular flexibility index (Phi) is 2.72. The van der Waals surface area contributed by atoms with Crippen LogP contribution in [0.4, 0.5) is 8.78 Å². The zero-order valence-corrected chi connectivity index (χ0v) is 8.15. The van der Waals surface area contributed by atoms with Crippen molar-refractivity contribution in [3.8, 4) is 11.3 Å². The SMILES string of the molecule is O=Cc1cccnc1-c1cccc(F)c1F. The van der Waals surface area contributed by atoms with Gasteiger partial charge in [0.2, 0.25) is 0 Å². The first-order valence-electron chi connectivity index (χ1n) is 4.58. The van der Waals surface area contributed by atoms with E-state index in [0.717, 1.165) is 6.07 Å². The maximum atomic E-state index is 13.5. The van der Waals surface area contributed by atoms with E-state index in [0.29, 0.717) is 6.29 Å². The Hall–Kier alpha value is -2.10. The zero-order valence-electron chi connectivity index (χ0n) is 8.15. The van der Waals surface area contributed by atoms with Gasteiger partial charge in [-0.2, -0.15) is 0 Å². The lowest BCUT2D eigenvalue weighted by molar-refractivity contribution is 0.112. The molecule has 0 N–H and O–H groups in total. The number of hydrogen-bond acceptors (Lipinski definition) is 2. The lowest BCUT2D eigenvalue weighted by Gasteiger charge is -2.05. The van der Waals surface area contributed by atoms with Crippen molar-refractivity contribution in [1.29, 1.82) is 0 Å². The molecule has 1 heterocycles. The van der Waals surface area contributed by atoms with Gasteiger partial charge in [0.25, 0.3) is 0 Å². The second kappa shape index (κ2) is 4.18. The van der Waals surface area contributed by atoms with E-state index in [2.05, 4.69) is 4.98 Å². The maximum absolute atomic E-state index is 13.5. The van der Waals surface area contributed by atoms with E-state index >= 15 is 0 Å². The molecular formula is C12H7F2NO. The number of carbonyl (C=O) groups is 1. The summed E-state index contributed by atoms with van der Waals surface area (Å²) in [6.45, 7) is 0. The van der Waals surface area contributed by atoms with Gasteiger partial charge in [0, 0.05) is 17.3 Å². The van der Waals surface area contributed by atoms with Crippen LogP contribution in [0.15, 0.2) is 36.5 Å². The molecule has 0 atom stereocenters. The number of hydrogen-bond donors (Lipinski definition) is 0. The van der Waals surface area contributed by atoms with Crippen LogP contribution in [0.25, 0.3) is 11.3 Å². The third-order valence-corrected chi connectivity index (χ3v) is 2.17. The monoisotopic (exact) mass is 219 g/mol. The van der Waals surface area contributed by atoms with E-state index in [-0.39, 0.29) is 16.8 Å². The second-order valence-corrected chi connectivity index (χ2v) is 3.16. The average Bonchev–Trinajstić information content (AvgIpc) is 2.33. The number of aromatic nitrogens is 1. The van der Waals surface area contributed by atoms with Crippen molar-refractivity contribution in [2.24, 2.45) is 0 Å². The van der Waals surface area contributed by atoms with Gasteiger partial charge in [0.05, 0.1) is 5.69 Å². The average molecular weight is 219 g/mol. The number of pyridine rings is 1. The van der Waals surface area contributed by atoms with Crippen LogP contribution in [0.3, 0.4) is 0 Å². The number of aldehydes is 1. The third kappa shape index (κ3) is 1.69. The van der Waals surface area contributed by atoms with Crippen molar-refractivity contribution in [2.75, 3.05) is 0 Å². The molecule has 80 valence electrons. The van der Waals surface area contributed by atoms with Crippen LogP contribution in [0.1, 0.15) is 10.4 Å². The molecular weight excluding hydrogens is 212 g/mol. The lowest BCUT2D eigenvalue weighted by atomic mass is 10.1. The minimum absolute atomic E-state index is 0.0114. The van der Waals surface area contributed by atoms with Crippen LogP contribution in [0, 0.1) is 11.6 Å². The van der Waals surface area contributed by atoms with E-state index in [9.17, 15) is 13.6 Å². The Morgan fingerprint density at radius 2 is 1.94 bits per heavy atom. The Labute approximate surface area is 90.6 Å². The molecule has 0 unspecified atom stereocenters. The zero-order chi connectivity index (χ0) is 11.5. The summed E-state index contributed by atoms with van der Waals surface area (Å²) in [7, 11) is 0. The van der Waals surface area contributed by atoms with Crippen molar-refractivity contribution in [3.05, 3.63) is 53.7 Å². The van der Waals surface area contributed by atoms with E-state index in [1.807, 2.05) is 0 Å². The predicted octanol–water partition coefficient (Wildman–Crippen LogP) is 2.84. The summed E-state index contributed by atoms with van der Waals surface area (Å²) in [5, 5.41) is 0. The van der Waals surface area contributed by atoms with Crippen molar-refractivity contribution in [3.63, 3.8) is 0 Å². The summed E-state index contributed by atoms with van der Waals surface area (Å²) >= 11 is 0. The Morgan fingerprint density at radius 3 is 2.69 bits per heavy atom. The second-order valence-electron chi connectivity index (χ2n) is 3.16. The molecule has 1 aromatic carbocycles. The molecule has 0 aliphatic heterocycles. The van der Waals surface area contributed by atoms with Gasteiger partial charge < -0.3 is 0 Å². The lowest BCUT2D eigenvalue weighted by Crippen LogP contribution is -1.95. The molecule has 0 saturated carbocycles. The van der Waals surface area contributed by atoms with Crippen molar-refractivity contribution < 1.29 is 13.6 Å². The number of rotatable bonds is 2. The highest BCUT2D eigenvalue weighted by molar-refractivity contribution is 5.85. The fourth-order valence-corrected chi connectivity index (χ4v) is 1.42. The predicted molar refractivity (Wildman–Crippen MR) is 55.0 cm³/mol. The van der Waals surface area contributed by atoms with Crippen LogP contribution in [0.5, 0.6) is 0 Å². The number of halogens is 2. The van der Waals surface area contributed by atoms with Gasteiger partial charge >= 0.3 is 0 Å². The molecule has 0 bridgehead atoms. The van der Waals surface area contributed by atoms with Gasteiger partial charge in [0.1, 0.15) is 0 Å².